The van der Waals surface area contributed by atoms with Crippen LogP contribution >= 0.6 is 0 Å². The van der Waals surface area contributed by atoms with Gasteiger partial charge in [-0.3, -0.25) is 0 Å². The number of hydrogen-bond donors (Lipinski definition) is 2. The predicted molar refractivity (Wildman–Crippen MR) is 124 cm³/mol. The molecular formula is C25H22F2N2O4S. The van der Waals surface area contributed by atoms with Crippen molar-refractivity contribution >= 4 is 21.4 Å². The van der Waals surface area contributed by atoms with Crippen LogP contribution in [0.25, 0.3) is 5.76 Å². The molecule has 0 saturated heterocycles. The summed E-state index contributed by atoms with van der Waals surface area (Å²) in [6.45, 7) is 1.75. The highest BCUT2D eigenvalue weighted by molar-refractivity contribution is 7.95. The first-order valence-electron chi connectivity index (χ1n) is 10.4. The van der Waals surface area contributed by atoms with Crippen molar-refractivity contribution in [2.75, 3.05) is 0 Å². The van der Waals surface area contributed by atoms with Gasteiger partial charge in [-0.25, -0.2) is 17.2 Å². The van der Waals surface area contributed by atoms with Gasteiger partial charge in [0.15, 0.2) is 5.84 Å². The van der Waals surface area contributed by atoms with Crippen molar-refractivity contribution in [2.24, 2.45) is 10.9 Å². The first kappa shape index (κ1) is 23.4. The molecule has 3 aromatic carbocycles. The van der Waals surface area contributed by atoms with Gasteiger partial charge < -0.3 is 15.7 Å². The van der Waals surface area contributed by atoms with Gasteiger partial charge in [0.1, 0.15) is 27.9 Å². The summed E-state index contributed by atoms with van der Waals surface area (Å²) in [5.74, 6) is -2.47. The second-order valence-electron chi connectivity index (χ2n) is 8.26. The Morgan fingerprint density at radius 1 is 1.03 bits per heavy atom. The summed E-state index contributed by atoms with van der Waals surface area (Å²) in [6, 6.07) is 18.4. The number of hydrogen-bond acceptors (Lipinski definition) is 5. The number of ether oxygens (including phenoxy) is 1. The number of nitrogens with two attached hydrogens (primary N) is 1. The van der Waals surface area contributed by atoms with Crippen molar-refractivity contribution < 1.29 is 27.1 Å². The van der Waals surface area contributed by atoms with Gasteiger partial charge >= 0.3 is 0 Å². The summed E-state index contributed by atoms with van der Waals surface area (Å²) >= 11 is 0. The number of nitrogens with zero attached hydrogens (tertiary/aromatic N) is 1. The number of halogens is 2. The normalized spacial score (nSPS) is 18.7. The van der Waals surface area contributed by atoms with Crippen LogP contribution in [-0.2, 0) is 21.0 Å². The number of benzene rings is 3. The van der Waals surface area contributed by atoms with Gasteiger partial charge in [-0.05, 0) is 24.6 Å². The third-order valence-electron chi connectivity index (χ3n) is 5.62. The monoisotopic (exact) mass is 484 g/mol. The molecule has 0 bridgehead atoms. The Bertz CT molecular complexity index is 1370. The van der Waals surface area contributed by atoms with E-state index in [1.54, 1.807) is 19.1 Å². The molecule has 1 atom stereocenters. The molecule has 176 valence electrons. The van der Waals surface area contributed by atoms with E-state index in [-0.39, 0.29) is 22.9 Å². The van der Waals surface area contributed by atoms with Gasteiger partial charge in [0.2, 0.25) is 9.84 Å². The molecule has 0 saturated carbocycles. The summed E-state index contributed by atoms with van der Waals surface area (Å²) in [5.41, 5.74) is 6.33. The average Bonchev–Trinajstić information content (AvgIpc) is 3.17. The van der Waals surface area contributed by atoms with Gasteiger partial charge in [-0.15, -0.1) is 0 Å². The fourth-order valence-electron chi connectivity index (χ4n) is 4.04. The molecule has 1 heterocycles. The van der Waals surface area contributed by atoms with E-state index < -0.39 is 32.0 Å². The van der Waals surface area contributed by atoms with Crippen LogP contribution < -0.4 is 5.73 Å². The summed E-state index contributed by atoms with van der Waals surface area (Å²) in [7, 11) is -4.58. The lowest BCUT2D eigenvalue weighted by atomic mass is 9.94. The Balaban J connectivity index is 1.84. The SMILES string of the molecule is CC1(Cc2ccccc2)CC(S(=O)(=O)c2c(F)cccc2F)=C(c2ccc(C(N)=NO)cc2)O1. The fourth-order valence-corrected chi connectivity index (χ4v) is 5.83. The maximum atomic E-state index is 14.5. The van der Waals surface area contributed by atoms with Crippen LogP contribution in [0.4, 0.5) is 8.78 Å². The number of rotatable bonds is 6. The van der Waals surface area contributed by atoms with E-state index in [9.17, 15) is 17.2 Å². The Kier molecular flexibility index (Phi) is 6.14. The van der Waals surface area contributed by atoms with Gasteiger partial charge in [0, 0.05) is 24.0 Å². The second kappa shape index (κ2) is 8.90. The molecule has 0 aromatic heterocycles. The van der Waals surface area contributed by atoms with E-state index in [1.165, 1.54) is 12.1 Å². The highest BCUT2D eigenvalue weighted by Gasteiger charge is 2.44. The van der Waals surface area contributed by atoms with E-state index in [0.29, 0.717) is 17.5 Å². The van der Waals surface area contributed by atoms with Crippen LogP contribution in [0.2, 0.25) is 0 Å². The molecule has 0 radical (unpaired) electrons. The molecule has 0 aliphatic carbocycles. The predicted octanol–water partition coefficient (Wildman–Crippen LogP) is 4.62. The van der Waals surface area contributed by atoms with Crippen molar-refractivity contribution in [3.8, 4) is 0 Å². The van der Waals surface area contributed by atoms with Crippen molar-refractivity contribution in [1.29, 1.82) is 0 Å². The summed E-state index contributed by atoms with van der Waals surface area (Å²) in [4.78, 5) is -1.23. The molecule has 0 fully saturated rings. The maximum Gasteiger partial charge on any atom is 0.212 e. The molecule has 4 rings (SSSR count). The van der Waals surface area contributed by atoms with Gasteiger partial charge in [-0.1, -0.05) is 65.8 Å². The lowest BCUT2D eigenvalue weighted by molar-refractivity contribution is 0.0800. The molecule has 1 aliphatic heterocycles. The number of oxime groups is 1. The Labute approximate surface area is 195 Å². The van der Waals surface area contributed by atoms with Crippen LogP contribution in [0, 0.1) is 11.6 Å². The molecule has 1 aliphatic rings. The van der Waals surface area contributed by atoms with Crippen molar-refractivity contribution in [2.45, 2.75) is 30.3 Å². The van der Waals surface area contributed by atoms with Gasteiger partial charge in [0.25, 0.3) is 0 Å². The van der Waals surface area contributed by atoms with Crippen molar-refractivity contribution in [3.63, 3.8) is 0 Å². The van der Waals surface area contributed by atoms with Crippen molar-refractivity contribution in [3.05, 3.63) is 106 Å². The quantitative estimate of drug-likeness (QED) is 0.230. The molecule has 0 amide bonds. The van der Waals surface area contributed by atoms with Crippen LogP contribution in [-0.4, -0.2) is 25.1 Å². The molecule has 0 spiro atoms. The molecule has 1 unspecified atom stereocenters. The number of amidine groups is 1. The maximum absolute atomic E-state index is 14.5. The first-order valence-corrected chi connectivity index (χ1v) is 11.9. The molecule has 9 heteroatoms. The lowest BCUT2D eigenvalue weighted by Crippen LogP contribution is -2.27. The Morgan fingerprint density at radius 3 is 2.24 bits per heavy atom. The van der Waals surface area contributed by atoms with Gasteiger partial charge in [0.05, 0.1) is 4.91 Å². The third kappa shape index (κ3) is 4.38. The lowest BCUT2D eigenvalue weighted by Gasteiger charge is -2.25. The smallest absolute Gasteiger partial charge is 0.212 e. The molecule has 34 heavy (non-hydrogen) atoms. The highest BCUT2D eigenvalue weighted by Crippen LogP contribution is 2.45. The van der Waals surface area contributed by atoms with Crippen LogP contribution in [0.3, 0.4) is 0 Å². The third-order valence-corrected chi connectivity index (χ3v) is 7.53. The standard InChI is InChI=1S/C25H22F2N2O4S/c1-25(14-16-6-3-2-4-7-16)15-21(34(31,32)23-19(26)8-5-9-20(23)27)22(33-25)17-10-12-18(13-11-17)24(28)29-30/h2-13,30H,14-15H2,1H3,(H2,28,29). The van der Waals surface area contributed by atoms with E-state index in [1.807, 2.05) is 30.3 Å². The van der Waals surface area contributed by atoms with E-state index in [2.05, 4.69) is 5.16 Å². The Hall–Kier alpha value is -3.72. The van der Waals surface area contributed by atoms with E-state index in [4.69, 9.17) is 15.7 Å². The molecule has 3 N–H and O–H groups in total. The van der Waals surface area contributed by atoms with Crippen molar-refractivity contribution in [1.82, 2.24) is 0 Å². The summed E-state index contributed by atoms with van der Waals surface area (Å²) in [5, 5.41) is 11.8. The topological polar surface area (TPSA) is 102 Å². The minimum absolute atomic E-state index is 0.00661. The minimum atomic E-state index is -4.58. The Morgan fingerprint density at radius 2 is 1.65 bits per heavy atom. The largest absolute Gasteiger partial charge is 0.485 e. The van der Waals surface area contributed by atoms with E-state index >= 15 is 0 Å². The zero-order valence-electron chi connectivity index (χ0n) is 18.2. The fraction of sp³-hybridized carbons (Fsp3) is 0.160. The summed E-state index contributed by atoms with van der Waals surface area (Å²) in [6.07, 6.45) is 0.285. The van der Waals surface area contributed by atoms with Crippen LogP contribution in [0.1, 0.15) is 30.0 Å². The van der Waals surface area contributed by atoms with E-state index in [0.717, 1.165) is 23.8 Å². The molecule has 3 aromatic rings. The van der Waals surface area contributed by atoms with Crippen LogP contribution in [0.5, 0.6) is 0 Å². The zero-order valence-corrected chi connectivity index (χ0v) is 19.0. The average molecular weight is 485 g/mol. The zero-order chi connectivity index (χ0) is 24.5. The first-order chi connectivity index (χ1) is 16.1. The number of sulfone groups is 1. The summed E-state index contributed by atoms with van der Waals surface area (Å²) < 4.78 is 62.3. The van der Waals surface area contributed by atoms with Gasteiger partial charge in [-0.2, -0.15) is 0 Å². The molecule has 6 nitrogen and oxygen atoms in total. The second-order valence-corrected chi connectivity index (χ2v) is 10.2. The molecular weight excluding hydrogens is 462 g/mol. The highest BCUT2D eigenvalue weighted by atomic mass is 32.2. The minimum Gasteiger partial charge on any atom is -0.485 e. The van der Waals surface area contributed by atoms with Crippen LogP contribution in [0.15, 0.2) is 87.8 Å².